The summed E-state index contributed by atoms with van der Waals surface area (Å²) in [5.74, 6) is -0.157. The molecule has 1 aliphatic rings. The Labute approximate surface area is 97.0 Å². The molecule has 0 radical (unpaired) electrons. The fourth-order valence-corrected chi connectivity index (χ4v) is 2.09. The zero-order valence-electron chi connectivity index (χ0n) is 9.54. The van der Waals surface area contributed by atoms with Crippen LogP contribution in [-0.2, 0) is 13.0 Å². The molecule has 0 aromatic carbocycles. The summed E-state index contributed by atoms with van der Waals surface area (Å²) in [5, 5.41) is 7.88. The second kappa shape index (κ2) is 4.29. The van der Waals surface area contributed by atoms with E-state index in [1.807, 2.05) is 6.92 Å². The van der Waals surface area contributed by atoms with Gasteiger partial charge < -0.3 is 10.3 Å². The van der Waals surface area contributed by atoms with Gasteiger partial charge in [-0.1, -0.05) is 6.92 Å². The maximum atomic E-state index is 12.7. The molecule has 0 spiro atoms. The van der Waals surface area contributed by atoms with E-state index < -0.39 is 12.1 Å². The van der Waals surface area contributed by atoms with Gasteiger partial charge in [0.1, 0.15) is 11.6 Å². The number of aryl methyl sites for hydroxylation is 1. The fraction of sp³-hybridized carbons (Fsp3) is 0.800. The molecule has 2 atom stereocenters. The predicted octanol–water partition coefficient (Wildman–Crippen LogP) is 1.47. The molecule has 17 heavy (non-hydrogen) atoms. The molecular formula is C10H15F3N4. The number of alkyl halides is 3. The van der Waals surface area contributed by atoms with Crippen LogP contribution in [0, 0.1) is 5.92 Å². The van der Waals surface area contributed by atoms with Gasteiger partial charge in [0.25, 0.3) is 0 Å². The van der Waals surface area contributed by atoms with Crippen LogP contribution < -0.4 is 5.73 Å². The normalized spacial score (nSPS) is 22.3. The Bertz CT molecular complexity index is 399. The molecule has 0 aliphatic carbocycles. The van der Waals surface area contributed by atoms with E-state index in [2.05, 4.69) is 10.2 Å². The second-order valence-electron chi connectivity index (χ2n) is 4.50. The molecule has 0 saturated heterocycles. The maximum absolute atomic E-state index is 12.7. The van der Waals surface area contributed by atoms with Crippen molar-refractivity contribution in [2.24, 2.45) is 11.7 Å². The molecular weight excluding hydrogens is 233 g/mol. The molecule has 0 fully saturated rings. The van der Waals surface area contributed by atoms with E-state index in [0.29, 0.717) is 24.6 Å². The van der Waals surface area contributed by atoms with Crippen molar-refractivity contribution in [2.75, 3.05) is 6.54 Å². The molecule has 1 aliphatic heterocycles. The smallest absolute Gasteiger partial charge is 0.330 e. The first-order chi connectivity index (χ1) is 7.93. The summed E-state index contributed by atoms with van der Waals surface area (Å²) in [7, 11) is 0. The summed E-state index contributed by atoms with van der Waals surface area (Å²) in [6.07, 6.45) is -3.72. The van der Waals surface area contributed by atoms with Crippen molar-refractivity contribution in [3.8, 4) is 0 Å². The predicted molar refractivity (Wildman–Crippen MR) is 55.4 cm³/mol. The Morgan fingerprint density at radius 3 is 2.76 bits per heavy atom. The highest BCUT2D eigenvalue weighted by Gasteiger charge is 2.42. The SMILES string of the molecule is CC(CN)c1nnc2n1CC(C(F)(F)F)CC2. The Balaban J connectivity index is 2.26. The van der Waals surface area contributed by atoms with Gasteiger partial charge >= 0.3 is 6.18 Å². The molecule has 2 unspecified atom stereocenters. The topological polar surface area (TPSA) is 56.7 Å². The van der Waals surface area contributed by atoms with Crippen LogP contribution in [0.2, 0.25) is 0 Å². The summed E-state index contributed by atoms with van der Waals surface area (Å²) in [4.78, 5) is 0. The molecule has 2 heterocycles. The number of nitrogens with two attached hydrogens (primary N) is 1. The molecule has 2 rings (SSSR count). The van der Waals surface area contributed by atoms with Crippen LogP contribution in [0.4, 0.5) is 13.2 Å². The molecule has 0 amide bonds. The third-order valence-electron chi connectivity index (χ3n) is 3.23. The molecule has 1 aromatic rings. The third kappa shape index (κ3) is 2.29. The largest absolute Gasteiger partial charge is 0.393 e. The van der Waals surface area contributed by atoms with Crippen LogP contribution in [0.15, 0.2) is 0 Å². The number of hydrogen-bond acceptors (Lipinski definition) is 3. The van der Waals surface area contributed by atoms with Gasteiger partial charge in [-0.3, -0.25) is 0 Å². The van der Waals surface area contributed by atoms with E-state index in [-0.39, 0.29) is 18.9 Å². The highest BCUT2D eigenvalue weighted by molar-refractivity contribution is 5.05. The van der Waals surface area contributed by atoms with Crippen LogP contribution >= 0.6 is 0 Å². The summed E-state index contributed by atoms with van der Waals surface area (Å²) >= 11 is 0. The standard InChI is InChI=1S/C10H15F3N4/c1-6(4-14)9-16-15-8-3-2-7(5-17(8)9)10(11,12)13/h6-7H,2-5,14H2,1H3. The minimum Gasteiger partial charge on any atom is -0.330 e. The molecule has 96 valence electrons. The van der Waals surface area contributed by atoms with Crippen LogP contribution in [0.1, 0.15) is 30.9 Å². The average molecular weight is 248 g/mol. The first-order valence-corrected chi connectivity index (χ1v) is 5.62. The lowest BCUT2D eigenvalue weighted by Gasteiger charge is -2.26. The Morgan fingerprint density at radius 2 is 2.18 bits per heavy atom. The summed E-state index contributed by atoms with van der Waals surface area (Å²) in [6.45, 7) is 2.12. The van der Waals surface area contributed by atoms with Crippen molar-refractivity contribution >= 4 is 0 Å². The van der Waals surface area contributed by atoms with Gasteiger partial charge in [-0.2, -0.15) is 13.2 Å². The number of aromatic nitrogens is 3. The number of nitrogens with zero attached hydrogens (tertiary/aromatic N) is 3. The van der Waals surface area contributed by atoms with Crippen molar-refractivity contribution in [1.29, 1.82) is 0 Å². The summed E-state index contributed by atoms with van der Waals surface area (Å²) in [6, 6.07) is 0. The van der Waals surface area contributed by atoms with E-state index in [9.17, 15) is 13.2 Å². The monoisotopic (exact) mass is 248 g/mol. The number of halogens is 3. The molecule has 0 saturated carbocycles. The first kappa shape index (κ1) is 12.3. The average Bonchev–Trinajstić information content (AvgIpc) is 2.69. The Hall–Kier alpha value is -1.11. The minimum atomic E-state index is -4.15. The molecule has 7 heteroatoms. The van der Waals surface area contributed by atoms with Crippen molar-refractivity contribution in [3.05, 3.63) is 11.6 Å². The number of fused-ring (bicyclic) bond motifs is 1. The van der Waals surface area contributed by atoms with Crippen molar-refractivity contribution < 1.29 is 13.2 Å². The zero-order chi connectivity index (χ0) is 12.6. The lowest BCUT2D eigenvalue weighted by Crippen LogP contribution is -2.33. The Kier molecular flexibility index (Phi) is 3.11. The van der Waals surface area contributed by atoms with Gasteiger partial charge in [0.05, 0.1) is 5.92 Å². The van der Waals surface area contributed by atoms with Crippen molar-refractivity contribution in [1.82, 2.24) is 14.8 Å². The van der Waals surface area contributed by atoms with Crippen LogP contribution in [0.5, 0.6) is 0 Å². The van der Waals surface area contributed by atoms with Crippen molar-refractivity contribution in [3.63, 3.8) is 0 Å². The third-order valence-corrected chi connectivity index (χ3v) is 3.23. The van der Waals surface area contributed by atoms with Crippen LogP contribution in [0.3, 0.4) is 0 Å². The maximum Gasteiger partial charge on any atom is 0.393 e. The molecule has 0 bridgehead atoms. The van der Waals surface area contributed by atoms with Crippen molar-refractivity contribution in [2.45, 2.75) is 38.4 Å². The lowest BCUT2D eigenvalue weighted by atomic mass is 9.98. The van der Waals surface area contributed by atoms with E-state index in [1.54, 1.807) is 4.57 Å². The lowest BCUT2D eigenvalue weighted by molar-refractivity contribution is -0.182. The van der Waals surface area contributed by atoms with Crippen LogP contribution in [-0.4, -0.2) is 27.5 Å². The van der Waals surface area contributed by atoms with Gasteiger partial charge in [-0.25, -0.2) is 0 Å². The van der Waals surface area contributed by atoms with Gasteiger partial charge in [0.15, 0.2) is 0 Å². The van der Waals surface area contributed by atoms with Gasteiger partial charge in [-0.15, -0.1) is 10.2 Å². The molecule has 1 aromatic heterocycles. The second-order valence-corrected chi connectivity index (χ2v) is 4.50. The van der Waals surface area contributed by atoms with Gasteiger partial charge in [-0.05, 0) is 6.42 Å². The van der Waals surface area contributed by atoms with Gasteiger partial charge in [0, 0.05) is 25.4 Å². The molecule has 2 N–H and O–H groups in total. The summed E-state index contributed by atoms with van der Waals surface area (Å²) in [5.41, 5.74) is 5.51. The molecule has 4 nitrogen and oxygen atoms in total. The first-order valence-electron chi connectivity index (χ1n) is 5.62. The number of hydrogen-bond donors (Lipinski definition) is 1. The zero-order valence-corrected chi connectivity index (χ0v) is 9.54. The van der Waals surface area contributed by atoms with E-state index in [0.717, 1.165) is 0 Å². The van der Waals surface area contributed by atoms with Crippen LogP contribution in [0.25, 0.3) is 0 Å². The Morgan fingerprint density at radius 1 is 1.47 bits per heavy atom. The summed E-state index contributed by atoms with van der Waals surface area (Å²) < 4.78 is 39.6. The van der Waals surface area contributed by atoms with E-state index in [1.165, 1.54) is 0 Å². The highest BCUT2D eigenvalue weighted by atomic mass is 19.4. The minimum absolute atomic E-state index is 0.0665. The van der Waals surface area contributed by atoms with E-state index in [4.69, 9.17) is 5.73 Å². The quantitative estimate of drug-likeness (QED) is 0.862. The fourth-order valence-electron chi connectivity index (χ4n) is 2.09. The van der Waals surface area contributed by atoms with E-state index >= 15 is 0 Å². The number of rotatable bonds is 2. The van der Waals surface area contributed by atoms with Gasteiger partial charge in [0.2, 0.25) is 0 Å². The highest BCUT2D eigenvalue weighted by Crippen LogP contribution is 2.35.